The summed E-state index contributed by atoms with van der Waals surface area (Å²) in [5.74, 6) is 0. The first-order valence-electron chi connectivity index (χ1n) is 5.21. The van der Waals surface area contributed by atoms with Crippen LogP contribution >= 0.6 is 0 Å². The van der Waals surface area contributed by atoms with Gasteiger partial charge in [0.05, 0.1) is 5.52 Å². The van der Waals surface area contributed by atoms with E-state index in [1.54, 1.807) is 0 Å². The molecule has 2 aromatic rings. The summed E-state index contributed by atoms with van der Waals surface area (Å²) in [6.07, 6.45) is 3.79. The molecule has 0 spiro atoms. The largest absolute Gasteiger partial charge is 0.261 e. The molecule has 0 aromatic carbocycles. The number of fused-ring (bicyclic) bond motifs is 1. The van der Waals surface area contributed by atoms with E-state index in [2.05, 4.69) is 36.8 Å². The Hall–Kier alpha value is -1.44. The minimum absolute atomic E-state index is 0.0906. The highest BCUT2D eigenvalue weighted by Crippen LogP contribution is 2.28. The second-order valence-corrected chi connectivity index (χ2v) is 4.91. The first-order valence-corrected chi connectivity index (χ1v) is 5.21. The average molecular weight is 200 g/mol. The molecule has 0 bridgehead atoms. The quantitative estimate of drug-likeness (QED) is 0.652. The molecule has 0 N–H and O–H groups in total. The minimum atomic E-state index is 0.0906. The third-order valence-electron chi connectivity index (χ3n) is 2.65. The lowest BCUT2D eigenvalue weighted by atomic mass is 9.86. The van der Waals surface area contributed by atoms with Gasteiger partial charge in [-0.3, -0.25) is 9.97 Å². The first kappa shape index (κ1) is 10.1. The van der Waals surface area contributed by atoms with Crippen molar-refractivity contribution in [3.63, 3.8) is 0 Å². The standard InChI is InChI=1S/C13H16N2/c1-9-10-6-5-7-14-12(10)11(8-15-9)13(2,3)4/h5-8H,1-4H3. The highest BCUT2D eigenvalue weighted by Gasteiger charge is 2.18. The van der Waals surface area contributed by atoms with Crippen molar-refractivity contribution in [2.24, 2.45) is 0 Å². The van der Waals surface area contributed by atoms with Gasteiger partial charge >= 0.3 is 0 Å². The molecule has 0 aliphatic heterocycles. The smallest absolute Gasteiger partial charge is 0.0772 e. The van der Waals surface area contributed by atoms with E-state index in [0.717, 1.165) is 16.6 Å². The van der Waals surface area contributed by atoms with Crippen molar-refractivity contribution in [1.82, 2.24) is 9.97 Å². The molecule has 2 nitrogen and oxygen atoms in total. The molecule has 15 heavy (non-hydrogen) atoms. The van der Waals surface area contributed by atoms with Crippen molar-refractivity contribution in [2.45, 2.75) is 33.1 Å². The molecule has 2 rings (SSSR count). The maximum Gasteiger partial charge on any atom is 0.0772 e. The maximum absolute atomic E-state index is 4.47. The van der Waals surface area contributed by atoms with Crippen molar-refractivity contribution in [1.29, 1.82) is 0 Å². The average Bonchev–Trinajstić information content (AvgIpc) is 2.17. The normalized spacial score (nSPS) is 12.0. The zero-order valence-corrected chi connectivity index (χ0v) is 9.70. The highest BCUT2D eigenvalue weighted by atomic mass is 14.7. The van der Waals surface area contributed by atoms with Crippen LogP contribution in [0.15, 0.2) is 24.5 Å². The van der Waals surface area contributed by atoms with Crippen molar-refractivity contribution >= 4 is 10.9 Å². The Morgan fingerprint density at radius 1 is 1.13 bits per heavy atom. The predicted molar refractivity (Wildman–Crippen MR) is 63.0 cm³/mol. The number of rotatable bonds is 0. The van der Waals surface area contributed by atoms with Gasteiger partial charge < -0.3 is 0 Å². The fourth-order valence-corrected chi connectivity index (χ4v) is 1.75. The van der Waals surface area contributed by atoms with E-state index in [1.807, 2.05) is 25.4 Å². The number of hydrogen-bond acceptors (Lipinski definition) is 2. The van der Waals surface area contributed by atoms with Gasteiger partial charge in [-0.1, -0.05) is 20.8 Å². The minimum Gasteiger partial charge on any atom is -0.261 e. The second-order valence-electron chi connectivity index (χ2n) is 4.91. The van der Waals surface area contributed by atoms with E-state index < -0.39 is 0 Å². The van der Waals surface area contributed by atoms with Crippen LogP contribution in [0.2, 0.25) is 0 Å². The molecule has 0 atom stereocenters. The lowest BCUT2D eigenvalue weighted by Gasteiger charge is -2.20. The van der Waals surface area contributed by atoms with E-state index in [9.17, 15) is 0 Å². The monoisotopic (exact) mass is 200 g/mol. The fraction of sp³-hybridized carbons (Fsp3) is 0.385. The molecular formula is C13H16N2. The molecule has 0 saturated heterocycles. The van der Waals surface area contributed by atoms with Crippen LogP contribution in [0.1, 0.15) is 32.0 Å². The summed E-state index contributed by atoms with van der Waals surface area (Å²) in [5.41, 5.74) is 3.43. The van der Waals surface area contributed by atoms with Crippen molar-refractivity contribution in [3.05, 3.63) is 35.8 Å². The van der Waals surface area contributed by atoms with Gasteiger partial charge in [0.1, 0.15) is 0 Å². The predicted octanol–water partition coefficient (Wildman–Crippen LogP) is 3.24. The van der Waals surface area contributed by atoms with Gasteiger partial charge in [0, 0.05) is 29.0 Å². The Morgan fingerprint density at radius 2 is 1.87 bits per heavy atom. The summed E-state index contributed by atoms with van der Waals surface area (Å²) in [7, 11) is 0. The van der Waals surface area contributed by atoms with Crippen LogP contribution < -0.4 is 0 Å². The summed E-state index contributed by atoms with van der Waals surface area (Å²) in [6.45, 7) is 8.59. The zero-order valence-electron chi connectivity index (χ0n) is 9.70. The van der Waals surface area contributed by atoms with E-state index in [0.29, 0.717) is 0 Å². The molecular weight excluding hydrogens is 184 g/mol. The van der Waals surface area contributed by atoms with Crippen LogP contribution in [0.3, 0.4) is 0 Å². The van der Waals surface area contributed by atoms with E-state index in [4.69, 9.17) is 0 Å². The lowest BCUT2D eigenvalue weighted by Crippen LogP contribution is -2.13. The lowest BCUT2D eigenvalue weighted by molar-refractivity contribution is 0.592. The summed E-state index contributed by atoms with van der Waals surface area (Å²) >= 11 is 0. The van der Waals surface area contributed by atoms with Gasteiger partial charge in [0.25, 0.3) is 0 Å². The Kier molecular flexibility index (Phi) is 2.22. The Bertz CT molecular complexity index is 495. The molecule has 0 amide bonds. The molecule has 78 valence electrons. The second kappa shape index (κ2) is 3.30. The Labute approximate surface area is 90.4 Å². The van der Waals surface area contributed by atoms with Crippen molar-refractivity contribution in [3.8, 4) is 0 Å². The maximum atomic E-state index is 4.47. The number of aromatic nitrogens is 2. The Balaban J connectivity index is 2.84. The molecule has 0 fully saturated rings. The number of nitrogens with zero attached hydrogens (tertiary/aromatic N) is 2. The third kappa shape index (κ3) is 1.72. The van der Waals surface area contributed by atoms with E-state index in [-0.39, 0.29) is 5.41 Å². The Morgan fingerprint density at radius 3 is 2.53 bits per heavy atom. The molecule has 0 unspecified atom stereocenters. The van der Waals surface area contributed by atoms with Crippen LogP contribution in [0.4, 0.5) is 0 Å². The molecule has 2 aromatic heterocycles. The zero-order chi connectivity index (χ0) is 11.1. The van der Waals surface area contributed by atoms with Crippen molar-refractivity contribution < 1.29 is 0 Å². The SMILES string of the molecule is Cc1ncc(C(C)(C)C)c2ncccc12. The van der Waals surface area contributed by atoms with E-state index >= 15 is 0 Å². The van der Waals surface area contributed by atoms with E-state index in [1.165, 1.54) is 5.56 Å². The van der Waals surface area contributed by atoms with Gasteiger partial charge in [-0.05, 0) is 24.5 Å². The van der Waals surface area contributed by atoms with Gasteiger partial charge in [0.15, 0.2) is 0 Å². The van der Waals surface area contributed by atoms with Gasteiger partial charge in [-0.2, -0.15) is 0 Å². The van der Waals surface area contributed by atoms with Gasteiger partial charge in [-0.25, -0.2) is 0 Å². The topological polar surface area (TPSA) is 25.8 Å². The molecule has 0 aliphatic carbocycles. The summed E-state index contributed by atoms with van der Waals surface area (Å²) in [4.78, 5) is 8.90. The van der Waals surface area contributed by atoms with Crippen LogP contribution in [-0.2, 0) is 5.41 Å². The third-order valence-corrected chi connectivity index (χ3v) is 2.65. The van der Waals surface area contributed by atoms with Gasteiger partial charge in [0.2, 0.25) is 0 Å². The van der Waals surface area contributed by atoms with Crippen molar-refractivity contribution in [2.75, 3.05) is 0 Å². The fourth-order valence-electron chi connectivity index (χ4n) is 1.75. The first-order chi connectivity index (χ1) is 7.00. The molecule has 2 heterocycles. The molecule has 0 saturated carbocycles. The summed E-state index contributed by atoms with van der Waals surface area (Å²) in [5, 5.41) is 1.16. The molecule has 0 aliphatic rings. The molecule has 2 heteroatoms. The van der Waals surface area contributed by atoms with Crippen LogP contribution in [0, 0.1) is 6.92 Å². The number of pyridine rings is 2. The molecule has 0 radical (unpaired) electrons. The highest BCUT2D eigenvalue weighted by molar-refractivity contribution is 5.84. The summed E-state index contributed by atoms with van der Waals surface area (Å²) < 4.78 is 0. The van der Waals surface area contributed by atoms with Crippen LogP contribution in [-0.4, -0.2) is 9.97 Å². The van der Waals surface area contributed by atoms with Crippen LogP contribution in [0.25, 0.3) is 10.9 Å². The number of hydrogen-bond donors (Lipinski definition) is 0. The van der Waals surface area contributed by atoms with Gasteiger partial charge in [-0.15, -0.1) is 0 Å². The van der Waals surface area contributed by atoms with Crippen LogP contribution in [0.5, 0.6) is 0 Å². The number of aryl methyl sites for hydroxylation is 1. The summed E-state index contributed by atoms with van der Waals surface area (Å²) in [6, 6.07) is 4.04.